The summed E-state index contributed by atoms with van der Waals surface area (Å²) in [5.74, 6) is 0.618. The molecule has 0 aliphatic rings. The van der Waals surface area contributed by atoms with Gasteiger partial charge >= 0.3 is 0 Å². The zero-order chi connectivity index (χ0) is 26.5. The van der Waals surface area contributed by atoms with Crippen molar-refractivity contribution in [3.05, 3.63) is 140 Å². The van der Waals surface area contributed by atoms with Gasteiger partial charge in [0.25, 0.3) is 0 Å². The van der Waals surface area contributed by atoms with Crippen LogP contribution >= 0.6 is 0 Å². The molecular formula is C36H23N3O. The Balaban J connectivity index is 1.42. The van der Waals surface area contributed by atoms with E-state index >= 15 is 0 Å². The number of nitrogens with zero attached hydrogens (tertiary/aromatic N) is 3. The van der Waals surface area contributed by atoms with Crippen molar-refractivity contribution in [3.8, 4) is 39.5 Å². The van der Waals surface area contributed by atoms with Crippen molar-refractivity contribution < 1.29 is 4.42 Å². The van der Waals surface area contributed by atoms with Crippen LogP contribution in [0, 0.1) is 0 Å². The van der Waals surface area contributed by atoms with Crippen molar-refractivity contribution in [2.75, 3.05) is 0 Å². The highest BCUT2D eigenvalue weighted by molar-refractivity contribution is 6.09. The first-order valence-corrected chi connectivity index (χ1v) is 13.3. The summed E-state index contributed by atoms with van der Waals surface area (Å²) >= 11 is 0. The van der Waals surface area contributed by atoms with Crippen LogP contribution in [0.4, 0.5) is 0 Å². The molecule has 4 heteroatoms. The van der Waals surface area contributed by atoms with Gasteiger partial charge in [-0.3, -0.25) is 4.57 Å². The summed E-state index contributed by atoms with van der Waals surface area (Å²) in [5, 5.41) is 2.35. The number of hydrogen-bond acceptors (Lipinski definition) is 3. The molecule has 5 aromatic carbocycles. The summed E-state index contributed by atoms with van der Waals surface area (Å²) < 4.78 is 8.16. The molecule has 4 nitrogen and oxygen atoms in total. The maximum Gasteiger partial charge on any atom is 0.236 e. The molecule has 3 heterocycles. The number of rotatable bonds is 4. The number of hydrogen-bond donors (Lipinski definition) is 0. The number of benzene rings is 5. The Bertz CT molecular complexity index is 2050. The van der Waals surface area contributed by atoms with Gasteiger partial charge in [0.15, 0.2) is 5.58 Å². The van der Waals surface area contributed by atoms with E-state index in [0.29, 0.717) is 11.5 Å². The van der Waals surface area contributed by atoms with Gasteiger partial charge in [-0.1, -0.05) is 97.1 Å². The smallest absolute Gasteiger partial charge is 0.236 e. The monoisotopic (exact) mass is 513 g/mol. The molecule has 0 amide bonds. The van der Waals surface area contributed by atoms with Crippen molar-refractivity contribution in [1.29, 1.82) is 0 Å². The molecular weight excluding hydrogens is 490 g/mol. The molecule has 8 rings (SSSR count). The minimum Gasteiger partial charge on any atom is -0.460 e. The number of furan rings is 1. The minimum absolute atomic E-state index is 0.618. The Morgan fingerprint density at radius 1 is 0.475 bits per heavy atom. The van der Waals surface area contributed by atoms with Crippen LogP contribution in [0.2, 0.25) is 0 Å². The first-order valence-electron chi connectivity index (χ1n) is 13.3. The van der Waals surface area contributed by atoms with Gasteiger partial charge < -0.3 is 4.42 Å². The van der Waals surface area contributed by atoms with Crippen LogP contribution in [-0.4, -0.2) is 14.5 Å². The number of para-hydroxylation sites is 2. The third-order valence-electron chi connectivity index (χ3n) is 7.49. The van der Waals surface area contributed by atoms with Crippen molar-refractivity contribution in [3.63, 3.8) is 0 Å². The molecule has 0 radical (unpaired) electrons. The third-order valence-corrected chi connectivity index (χ3v) is 7.49. The molecule has 0 bridgehead atoms. The largest absolute Gasteiger partial charge is 0.460 e. The van der Waals surface area contributed by atoms with Gasteiger partial charge in [-0.2, -0.15) is 0 Å². The Morgan fingerprint density at radius 3 is 1.60 bits per heavy atom. The molecule has 0 unspecified atom stereocenters. The normalized spacial score (nSPS) is 11.5. The van der Waals surface area contributed by atoms with E-state index in [4.69, 9.17) is 14.4 Å². The first-order chi connectivity index (χ1) is 19.8. The average Bonchev–Trinajstić information content (AvgIpc) is 3.64. The summed E-state index contributed by atoms with van der Waals surface area (Å²) in [6.07, 6.45) is 1.69. The first kappa shape index (κ1) is 22.5. The lowest BCUT2D eigenvalue weighted by molar-refractivity contribution is 0.614. The lowest BCUT2D eigenvalue weighted by Crippen LogP contribution is -2.02. The lowest BCUT2D eigenvalue weighted by atomic mass is 9.95. The molecule has 0 spiro atoms. The third kappa shape index (κ3) is 3.62. The molecule has 8 aromatic rings. The Morgan fingerprint density at radius 2 is 1.00 bits per heavy atom. The summed E-state index contributed by atoms with van der Waals surface area (Å²) in [6.45, 7) is 0. The van der Waals surface area contributed by atoms with Crippen molar-refractivity contribution in [1.82, 2.24) is 14.5 Å². The van der Waals surface area contributed by atoms with Gasteiger partial charge in [-0.25, -0.2) is 9.97 Å². The van der Waals surface area contributed by atoms with Gasteiger partial charge in [-0.15, -0.1) is 0 Å². The molecule has 3 aromatic heterocycles. The molecule has 0 atom stereocenters. The fourth-order valence-corrected chi connectivity index (χ4v) is 5.64. The van der Waals surface area contributed by atoms with Gasteiger partial charge in [0, 0.05) is 22.4 Å². The van der Waals surface area contributed by atoms with Crippen LogP contribution in [0.3, 0.4) is 0 Å². The Hall–Kier alpha value is -5.48. The molecule has 0 fully saturated rings. The quantitative estimate of drug-likeness (QED) is 0.235. The fraction of sp³-hybridized carbons (Fsp3) is 0. The van der Waals surface area contributed by atoms with Crippen LogP contribution < -0.4 is 0 Å². The molecule has 0 aliphatic carbocycles. The predicted octanol–water partition coefficient (Wildman–Crippen LogP) is 9.32. The highest BCUT2D eigenvalue weighted by Gasteiger charge is 2.19. The van der Waals surface area contributed by atoms with E-state index in [9.17, 15) is 0 Å². The summed E-state index contributed by atoms with van der Waals surface area (Å²) in [6, 6.07) is 46.3. The molecule has 40 heavy (non-hydrogen) atoms. The second-order valence-corrected chi connectivity index (χ2v) is 9.91. The van der Waals surface area contributed by atoms with E-state index in [0.717, 1.165) is 50.1 Å². The predicted molar refractivity (Wildman–Crippen MR) is 162 cm³/mol. The van der Waals surface area contributed by atoms with Crippen molar-refractivity contribution in [2.45, 2.75) is 0 Å². The van der Waals surface area contributed by atoms with Crippen LogP contribution in [-0.2, 0) is 0 Å². The van der Waals surface area contributed by atoms with E-state index in [1.807, 2.05) is 18.2 Å². The SMILES string of the molecule is c1ccc(-c2cc(-c3ccccc3)cc(-c3nc(-n4c5ccccc5c5ccccc54)nc4ccoc34)c2)cc1. The van der Waals surface area contributed by atoms with E-state index in [2.05, 4.69) is 120 Å². The second-order valence-electron chi connectivity index (χ2n) is 9.91. The van der Waals surface area contributed by atoms with Crippen LogP contribution in [0.25, 0.3) is 72.4 Å². The Kier molecular flexibility index (Phi) is 5.10. The number of fused-ring (bicyclic) bond motifs is 4. The van der Waals surface area contributed by atoms with Crippen molar-refractivity contribution in [2.24, 2.45) is 0 Å². The van der Waals surface area contributed by atoms with Crippen LogP contribution in [0.15, 0.2) is 144 Å². The van der Waals surface area contributed by atoms with E-state index in [1.54, 1.807) is 6.26 Å². The maximum atomic E-state index is 6.01. The Labute approximate surface area is 230 Å². The van der Waals surface area contributed by atoms with Crippen molar-refractivity contribution >= 4 is 32.9 Å². The van der Waals surface area contributed by atoms with E-state index < -0.39 is 0 Å². The maximum absolute atomic E-state index is 6.01. The fourth-order valence-electron chi connectivity index (χ4n) is 5.64. The number of aromatic nitrogens is 3. The summed E-state index contributed by atoms with van der Waals surface area (Å²) in [4.78, 5) is 10.2. The molecule has 0 saturated heterocycles. The van der Waals surface area contributed by atoms with Gasteiger partial charge in [0.2, 0.25) is 5.95 Å². The van der Waals surface area contributed by atoms with Crippen LogP contribution in [0.1, 0.15) is 0 Å². The molecule has 188 valence electrons. The second kappa shape index (κ2) is 9.07. The van der Waals surface area contributed by atoms with Gasteiger partial charge in [-0.05, 0) is 52.6 Å². The molecule has 0 saturated carbocycles. The standard InChI is InChI=1S/C36H23N3O/c1-3-11-24(12-4-1)26-21-27(25-13-5-2-6-14-25)23-28(22-26)34-35-31(19-20-40-35)37-36(38-34)39-32-17-9-7-15-29(32)30-16-8-10-18-33(30)39/h1-23H. The minimum atomic E-state index is 0.618. The van der Waals surface area contributed by atoms with E-state index in [-0.39, 0.29) is 0 Å². The lowest BCUT2D eigenvalue weighted by Gasteiger charge is -2.13. The summed E-state index contributed by atoms with van der Waals surface area (Å²) in [7, 11) is 0. The van der Waals surface area contributed by atoms with E-state index in [1.165, 1.54) is 10.8 Å². The molecule has 0 N–H and O–H groups in total. The highest BCUT2D eigenvalue weighted by Crippen LogP contribution is 2.37. The average molecular weight is 514 g/mol. The molecule has 0 aliphatic heterocycles. The zero-order valence-electron chi connectivity index (χ0n) is 21.5. The van der Waals surface area contributed by atoms with Crippen LogP contribution in [0.5, 0.6) is 0 Å². The van der Waals surface area contributed by atoms with Gasteiger partial charge in [0.05, 0.1) is 17.3 Å². The summed E-state index contributed by atoms with van der Waals surface area (Å²) in [5.41, 5.74) is 9.86. The van der Waals surface area contributed by atoms with Gasteiger partial charge in [0.1, 0.15) is 11.2 Å². The topological polar surface area (TPSA) is 43.9 Å². The zero-order valence-corrected chi connectivity index (χ0v) is 21.5. The highest BCUT2D eigenvalue weighted by atomic mass is 16.3.